The maximum Gasteiger partial charge on any atom is 0.283 e. The molecular weight excluding hydrogens is 222 g/mol. The smallest absolute Gasteiger partial charge is 0.258 e. The fraction of sp³-hybridized carbons (Fsp3) is 0. The highest BCUT2D eigenvalue weighted by Crippen LogP contribution is 2.33. The van der Waals surface area contributed by atoms with Crippen LogP contribution in [0.5, 0.6) is 0 Å². The van der Waals surface area contributed by atoms with E-state index < -0.39 is 0 Å². The minimum Gasteiger partial charge on any atom is -0.258 e. The van der Waals surface area contributed by atoms with Crippen LogP contribution in [-0.4, -0.2) is 4.92 Å². The summed E-state index contributed by atoms with van der Waals surface area (Å²) in [5.74, 6) is 0. The number of rotatable bonds is 3. The van der Waals surface area contributed by atoms with E-state index in [2.05, 4.69) is 6.07 Å². The third kappa shape index (κ3) is 2.41. The molecule has 0 amide bonds. The summed E-state index contributed by atoms with van der Waals surface area (Å²) in [6, 6.07) is 17.2. The highest BCUT2D eigenvalue weighted by molar-refractivity contribution is 7.99. The minimum atomic E-state index is -0.387. The van der Waals surface area contributed by atoms with Gasteiger partial charge in [-0.1, -0.05) is 42.1 Å². The second kappa shape index (κ2) is 4.81. The number of nitro benzene ring substituents is 1. The first kappa shape index (κ1) is 10.7. The zero-order valence-corrected chi connectivity index (χ0v) is 9.11. The predicted molar refractivity (Wildman–Crippen MR) is 62.5 cm³/mol. The number of hydrogen-bond acceptors (Lipinski definition) is 3. The van der Waals surface area contributed by atoms with Crippen molar-refractivity contribution < 1.29 is 4.92 Å². The molecule has 2 aromatic carbocycles. The van der Waals surface area contributed by atoms with Gasteiger partial charge in [0.1, 0.15) is 0 Å². The molecule has 0 atom stereocenters. The van der Waals surface area contributed by atoms with Crippen molar-refractivity contribution in [2.75, 3.05) is 0 Å². The molecule has 2 rings (SSSR count). The van der Waals surface area contributed by atoms with Crippen LogP contribution in [0, 0.1) is 16.2 Å². The molecule has 1 radical (unpaired) electrons. The molecule has 3 nitrogen and oxygen atoms in total. The zero-order chi connectivity index (χ0) is 11.4. The topological polar surface area (TPSA) is 43.1 Å². The fourth-order valence-electron chi connectivity index (χ4n) is 1.24. The SMILES string of the molecule is O=[N+]([O-])c1ccc[c]c1Sc1ccccc1. The van der Waals surface area contributed by atoms with Crippen molar-refractivity contribution in [3.8, 4) is 0 Å². The minimum absolute atomic E-state index is 0.0938. The molecule has 0 bridgehead atoms. The van der Waals surface area contributed by atoms with Gasteiger partial charge in [-0.05, 0) is 12.1 Å². The van der Waals surface area contributed by atoms with Crippen LogP contribution in [0.3, 0.4) is 0 Å². The van der Waals surface area contributed by atoms with Gasteiger partial charge in [0, 0.05) is 17.0 Å². The van der Waals surface area contributed by atoms with E-state index >= 15 is 0 Å². The van der Waals surface area contributed by atoms with Gasteiger partial charge in [-0.2, -0.15) is 0 Å². The lowest BCUT2D eigenvalue weighted by molar-refractivity contribution is -0.387. The van der Waals surface area contributed by atoms with Crippen LogP contribution in [0.25, 0.3) is 0 Å². The summed E-state index contributed by atoms with van der Waals surface area (Å²) >= 11 is 1.35. The van der Waals surface area contributed by atoms with Gasteiger partial charge in [0.05, 0.1) is 9.82 Å². The summed E-state index contributed by atoms with van der Waals surface area (Å²) in [7, 11) is 0. The Labute approximate surface area is 97.3 Å². The first-order valence-corrected chi connectivity index (χ1v) is 5.47. The zero-order valence-electron chi connectivity index (χ0n) is 8.29. The molecule has 2 aromatic rings. The van der Waals surface area contributed by atoms with Crippen LogP contribution in [0.2, 0.25) is 0 Å². The molecule has 0 spiro atoms. The quantitative estimate of drug-likeness (QED) is 0.598. The van der Waals surface area contributed by atoms with Crippen LogP contribution in [0.4, 0.5) is 5.69 Å². The molecule has 16 heavy (non-hydrogen) atoms. The second-order valence-corrected chi connectivity index (χ2v) is 4.14. The molecule has 79 valence electrons. The van der Waals surface area contributed by atoms with E-state index in [9.17, 15) is 10.1 Å². The summed E-state index contributed by atoms with van der Waals surface area (Å²) < 4.78 is 0. The Morgan fingerprint density at radius 3 is 2.56 bits per heavy atom. The molecule has 0 heterocycles. The van der Waals surface area contributed by atoms with Crippen LogP contribution < -0.4 is 0 Å². The van der Waals surface area contributed by atoms with E-state index in [0.29, 0.717) is 4.90 Å². The molecule has 0 saturated carbocycles. The van der Waals surface area contributed by atoms with E-state index in [0.717, 1.165) is 4.90 Å². The van der Waals surface area contributed by atoms with Gasteiger partial charge in [-0.25, -0.2) is 0 Å². The fourth-order valence-corrected chi connectivity index (χ4v) is 2.15. The third-order valence-corrected chi connectivity index (χ3v) is 3.00. The molecule has 0 aliphatic rings. The molecule has 0 saturated heterocycles. The summed E-state index contributed by atoms with van der Waals surface area (Å²) in [6.07, 6.45) is 0. The first-order valence-electron chi connectivity index (χ1n) is 4.65. The summed E-state index contributed by atoms with van der Waals surface area (Å²) in [5, 5.41) is 10.8. The molecule has 4 heteroatoms. The second-order valence-electron chi connectivity index (χ2n) is 3.06. The highest BCUT2D eigenvalue weighted by atomic mass is 32.2. The van der Waals surface area contributed by atoms with Crippen LogP contribution >= 0.6 is 11.8 Å². The van der Waals surface area contributed by atoms with Gasteiger partial charge in [-0.15, -0.1) is 0 Å². The molecular formula is C12H8NO2S. The number of nitro groups is 1. The lowest BCUT2D eigenvalue weighted by Crippen LogP contribution is -1.90. The van der Waals surface area contributed by atoms with E-state index in [-0.39, 0.29) is 10.6 Å². The van der Waals surface area contributed by atoms with Crippen molar-refractivity contribution in [3.63, 3.8) is 0 Å². The summed E-state index contributed by atoms with van der Waals surface area (Å²) in [4.78, 5) is 11.9. The van der Waals surface area contributed by atoms with Gasteiger partial charge in [-0.3, -0.25) is 10.1 Å². The first-order chi connectivity index (χ1) is 7.77. The van der Waals surface area contributed by atoms with Crippen molar-refractivity contribution >= 4 is 17.4 Å². The molecule has 0 aromatic heterocycles. The van der Waals surface area contributed by atoms with Gasteiger partial charge in [0.25, 0.3) is 5.69 Å². The normalized spacial score (nSPS) is 10.0. The average molecular weight is 230 g/mol. The van der Waals surface area contributed by atoms with Crippen LogP contribution in [-0.2, 0) is 0 Å². The van der Waals surface area contributed by atoms with Gasteiger partial charge < -0.3 is 0 Å². The Balaban J connectivity index is 2.31. The molecule has 0 N–H and O–H groups in total. The lowest BCUT2D eigenvalue weighted by Gasteiger charge is -2.01. The Hall–Kier alpha value is -1.81. The Bertz CT molecular complexity index is 499. The third-order valence-electron chi connectivity index (χ3n) is 1.96. The monoisotopic (exact) mass is 230 g/mol. The van der Waals surface area contributed by atoms with Crippen molar-refractivity contribution in [1.29, 1.82) is 0 Å². The number of hydrogen-bond donors (Lipinski definition) is 0. The van der Waals surface area contributed by atoms with Crippen molar-refractivity contribution in [1.82, 2.24) is 0 Å². The van der Waals surface area contributed by atoms with E-state index in [4.69, 9.17) is 0 Å². The van der Waals surface area contributed by atoms with Gasteiger partial charge >= 0.3 is 0 Å². The number of nitrogens with zero attached hydrogens (tertiary/aromatic N) is 1. The molecule has 0 aliphatic carbocycles. The largest absolute Gasteiger partial charge is 0.283 e. The van der Waals surface area contributed by atoms with E-state index in [1.807, 2.05) is 30.3 Å². The highest BCUT2D eigenvalue weighted by Gasteiger charge is 2.13. The average Bonchev–Trinajstić information content (AvgIpc) is 2.31. The molecule has 0 aliphatic heterocycles. The maximum atomic E-state index is 10.8. The van der Waals surface area contributed by atoms with E-state index in [1.54, 1.807) is 12.1 Å². The van der Waals surface area contributed by atoms with Crippen molar-refractivity contribution in [2.45, 2.75) is 9.79 Å². The predicted octanol–water partition coefficient (Wildman–Crippen LogP) is 3.55. The van der Waals surface area contributed by atoms with Gasteiger partial charge in [0.2, 0.25) is 0 Å². The number of benzene rings is 2. The Morgan fingerprint density at radius 2 is 1.88 bits per heavy atom. The lowest BCUT2D eigenvalue weighted by atomic mass is 10.3. The maximum absolute atomic E-state index is 10.8. The Kier molecular flexibility index (Phi) is 3.22. The Morgan fingerprint density at radius 1 is 1.12 bits per heavy atom. The standard InChI is InChI=1S/C12H8NO2S/c14-13(15)11-8-4-5-9-12(11)16-10-6-2-1-3-7-10/h1-8H. The van der Waals surface area contributed by atoms with Crippen LogP contribution in [0.15, 0.2) is 58.3 Å². The van der Waals surface area contributed by atoms with Crippen LogP contribution in [0.1, 0.15) is 0 Å². The van der Waals surface area contributed by atoms with Gasteiger partial charge in [0.15, 0.2) is 0 Å². The molecule has 0 unspecified atom stereocenters. The van der Waals surface area contributed by atoms with E-state index in [1.165, 1.54) is 17.8 Å². The van der Waals surface area contributed by atoms with Crippen molar-refractivity contribution in [3.05, 3.63) is 64.7 Å². The summed E-state index contributed by atoms with van der Waals surface area (Å²) in [5.41, 5.74) is 0.0938. The summed E-state index contributed by atoms with van der Waals surface area (Å²) in [6.45, 7) is 0. The van der Waals surface area contributed by atoms with Crippen molar-refractivity contribution in [2.24, 2.45) is 0 Å². The molecule has 0 fully saturated rings.